The third kappa shape index (κ3) is 7.21. The zero-order chi connectivity index (χ0) is 24.4. The summed E-state index contributed by atoms with van der Waals surface area (Å²) in [4.78, 5) is 17.7. The van der Waals surface area contributed by atoms with Crippen LogP contribution in [-0.4, -0.2) is 88.2 Å². The Morgan fingerprint density at radius 2 is 1.88 bits per heavy atom. The fourth-order valence-electron chi connectivity index (χ4n) is 4.10. The van der Waals surface area contributed by atoms with Crippen molar-refractivity contribution in [2.45, 2.75) is 45.1 Å². The number of hydrogen-bond donors (Lipinski definition) is 1. The quantitative estimate of drug-likeness (QED) is 0.657. The molecule has 1 N–H and O–H groups in total. The number of carbonyl (C=O) groups excluding carboxylic acids is 1. The predicted molar refractivity (Wildman–Crippen MR) is 119 cm³/mol. The largest absolute Gasteiger partial charge is 0.437 e. The van der Waals surface area contributed by atoms with Gasteiger partial charge in [-0.15, -0.1) is 0 Å². The average molecular weight is 493 g/mol. The van der Waals surface area contributed by atoms with E-state index >= 15 is 0 Å². The van der Waals surface area contributed by atoms with Crippen molar-refractivity contribution in [3.8, 4) is 0 Å². The summed E-state index contributed by atoms with van der Waals surface area (Å²) in [5.41, 5.74) is 3.23. The first kappa shape index (κ1) is 25.6. The van der Waals surface area contributed by atoms with Crippen molar-refractivity contribution >= 4 is 21.8 Å². The summed E-state index contributed by atoms with van der Waals surface area (Å²) in [6.45, 7) is 6.37. The van der Waals surface area contributed by atoms with E-state index in [1.165, 1.54) is 4.90 Å². The summed E-state index contributed by atoms with van der Waals surface area (Å²) in [7, 11) is -3.27. The van der Waals surface area contributed by atoms with E-state index in [1.807, 2.05) is 19.1 Å². The van der Waals surface area contributed by atoms with Crippen LogP contribution >= 0.6 is 0 Å². The van der Waals surface area contributed by atoms with E-state index in [0.29, 0.717) is 26.2 Å². The number of amides is 1. The molecule has 33 heavy (non-hydrogen) atoms. The van der Waals surface area contributed by atoms with Crippen LogP contribution in [0, 0.1) is 6.92 Å². The smallest absolute Gasteiger partial charge is 0.425 e. The maximum atomic E-state index is 12.6. The second-order valence-electron chi connectivity index (χ2n) is 8.78. The summed E-state index contributed by atoms with van der Waals surface area (Å²) < 4.78 is 68.3. The van der Waals surface area contributed by atoms with Gasteiger partial charge in [-0.1, -0.05) is 12.1 Å². The third-order valence-electron chi connectivity index (χ3n) is 5.91. The maximum absolute atomic E-state index is 12.6. The number of halogens is 3. The van der Waals surface area contributed by atoms with Crippen LogP contribution in [0.5, 0.6) is 0 Å². The lowest BCUT2D eigenvalue weighted by molar-refractivity contribution is -0.200. The van der Waals surface area contributed by atoms with Gasteiger partial charge in [-0.3, -0.25) is 4.90 Å². The lowest BCUT2D eigenvalue weighted by Gasteiger charge is -2.35. The Bertz CT molecular complexity index is 949. The summed E-state index contributed by atoms with van der Waals surface area (Å²) >= 11 is 0. The van der Waals surface area contributed by atoms with Crippen molar-refractivity contribution in [3.63, 3.8) is 0 Å². The summed E-state index contributed by atoms with van der Waals surface area (Å²) in [6.07, 6.45) is -5.79. The topological polar surface area (TPSA) is 82.2 Å². The van der Waals surface area contributed by atoms with E-state index in [4.69, 9.17) is 0 Å². The predicted octanol–water partition coefficient (Wildman–Crippen LogP) is 2.33. The summed E-state index contributed by atoms with van der Waals surface area (Å²) in [5, 5.41) is 0. The highest BCUT2D eigenvalue weighted by Crippen LogP contribution is 2.28. The van der Waals surface area contributed by atoms with Crippen molar-refractivity contribution in [3.05, 3.63) is 29.3 Å². The Balaban J connectivity index is 1.59. The van der Waals surface area contributed by atoms with E-state index in [2.05, 4.69) is 25.3 Å². The van der Waals surface area contributed by atoms with Gasteiger partial charge in [0.1, 0.15) is 0 Å². The number of hydrogen-bond acceptors (Lipinski definition) is 6. The molecule has 3 rings (SSSR count). The molecule has 2 heterocycles. The maximum Gasteiger partial charge on any atom is 0.425 e. The molecule has 0 aromatic heterocycles. The average Bonchev–Trinajstić information content (AvgIpc) is 3.15. The Morgan fingerprint density at radius 3 is 2.48 bits per heavy atom. The fraction of sp³-hybridized carbons (Fsp3) is 0.667. The molecule has 1 aromatic rings. The highest BCUT2D eigenvalue weighted by molar-refractivity contribution is 7.88. The van der Waals surface area contributed by atoms with Gasteiger partial charge < -0.3 is 14.5 Å². The molecule has 0 aliphatic carbocycles. The molecule has 2 atom stereocenters. The first-order valence-electron chi connectivity index (χ1n) is 10.9. The van der Waals surface area contributed by atoms with Gasteiger partial charge in [0, 0.05) is 57.5 Å². The van der Waals surface area contributed by atoms with E-state index < -0.39 is 28.4 Å². The highest BCUT2D eigenvalue weighted by Gasteiger charge is 2.40. The second-order valence-corrected chi connectivity index (χ2v) is 10.6. The molecule has 1 aromatic carbocycles. The number of sulfonamides is 1. The monoisotopic (exact) mass is 492 g/mol. The molecular weight excluding hydrogens is 461 g/mol. The lowest BCUT2D eigenvalue weighted by atomic mass is 10.1. The molecule has 2 saturated heterocycles. The van der Waals surface area contributed by atoms with Crippen LogP contribution in [0.15, 0.2) is 18.2 Å². The number of nitrogens with zero attached hydrogens (tertiary/aromatic N) is 3. The van der Waals surface area contributed by atoms with Crippen LogP contribution < -0.4 is 9.62 Å². The molecule has 0 bridgehead atoms. The van der Waals surface area contributed by atoms with Gasteiger partial charge in [-0.05, 0) is 37.5 Å². The van der Waals surface area contributed by atoms with Crippen molar-refractivity contribution in [1.82, 2.24) is 14.5 Å². The van der Waals surface area contributed by atoms with Gasteiger partial charge >= 0.3 is 12.3 Å². The Morgan fingerprint density at radius 1 is 1.21 bits per heavy atom. The van der Waals surface area contributed by atoms with Gasteiger partial charge in [-0.25, -0.2) is 17.9 Å². The Labute approximate surface area is 192 Å². The molecule has 1 amide bonds. The number of nitrogens with one attached hydrogen (secondary N) is 1. The molecule has 12 heteroatoms. The molecule has 186 valence electrons. The third-order valence-corrected chi connectivity index (χ3v) is 6.67. The molecule has 2 aliphatic rings. The van der Waals surface area contributed by atoms with Crippen LogP contribution in [0.4, 0.5) is 23.7 Å². The minimum atomic E-state index is -4.58. The minimum Gasteiger partial charge on any atom is -0.437 e. The highest BCUT2D eigenvalue weighted by atomic mass is 32.2. The number of piperazine rings is 1. The van der Waals surface area contributed by atoms with E-state index in [-0.39, 0.29) is 19.1 Å². The number of ether oxygens (including phenoxy) is 1. The van der Waals surface area contributed by atoms with Crippen molar-refractivity contribution in [1.29, 1.82) is 0 Å². The molecule has 0 spiro atoms. The number of anilines is 1. The zero-order valence-corrected chi connectivity index (χ0v) is 19.9. The molecule has 2 fully saturated rings. The van der Waals surface area contributed by atoms with Crippen LogP contribution in [0.2, 0.25) is 0 Å². The summed E-state index contributed by atoms with van der Waals surface area (Å²) in [6, 6.07) is 6.02. The molecular formula is C21H31F3N4O4S. The number of benzene rings is 1. The Kier molecular flexibility index (Phi) is 7.80. The standard InChI is InChI=1S/C21H31F3N4O4S/c1-15-4-5-17(19(12-15)28-7-6-18(14-28)25-33(3,30)31)13-26-8-10-27(11-9-26)20(29)32-16(2)21(22,23)24/h4-5,12,16,18,25H,6-11,13-14H2,1-3H3/t16?,18-/m0/s1. The molecule has 1 unspecified atom stereocenters. The molecule has 2 aliphatic heterocycles. The van der Waals surface area contributed by atoms with E-state index in [0.717, 1.165) is 43.0 Å². The van der Waals surface area contributed by atoms with Crippen molar-refractivity contribution in [2.75, 3.05) is 50.4 Å². The van der Waals surface area contributed by atoms with Crippen LogP contribution in [0.25, 0.3) is 0 Å². The number of carbonyl (C=O) groups is 1. The Hall–Kier alpha value is -2.05. The molecule has 8 nitrogen and oxygen atoms in total. The number of rotatable bonds is 6. The minimum absolute atomic E-state index is 0.137. The van der Waals surface area contributed by atoms with Gasteiger partial charge in [0.05, 0.1) is 6.26 Å². The zero-order valence-electron chi connectivity index (χ0n) is 19.1. The SMILES string of the molecule is Cc1ccc(CN2CCN(C(=O)OC(C)C(F)(F)F)CC2)c(N2CC[C@H](NS(C)(=O)=O)C2)c1. The fourth-order valence-corrected chi connectivity index (χ4v) is 4.90. The van der Waals surface area contributed by atoms with Crippen LogP contribution in [-0.2, 0) is 21.3 Å². The lowest BCUT2D eigenvalue weighted by Crippen LogP contribution is -2.49. The summed E-state index contributed by atoms with van der Waals surface area (Å²) in [5.74, 6) is 0. The van der Waals surface area contributed by atoms with E-state index in [9.17, 15) is 26.4 Å². The normalized spacial score (nSPS) is 21.3. The van der Waals surface area contributed by atoms with Gasteiger partial charge in [0.15, 0.2) is 6.10 Å². The number of alkyl halides is 3. The van der Waals surface area contributed by atoms with Gasteiger partial charge in [0.2, 0.25) is 10.0 Å². The molecule has 0 saturated carbocycles. The van der Waals surface area contributed by atoms with Gasteiger partial charge in [0.25, 0.3) is 0 Å². The van der Waals surface area contributed by atoms with Crippen LogP contribution in [0.1, 0.15) is 24.5 Å². The van der Waals surface area contributed by atoms with Crippen molar-refractivity contribution in [2.24, 2.45) is 0 Å². The van der Waals surface area contributed by atoms with Crippen LogP contribution in [0.3, 0.4) is 0 Å². The van der Waals surface area contributed by atoms with Crippen molar-refractivity contribution < 1.29 is 31.1 Å². The first-order valence-corrected chi connectivity index (χ1v) is 12.8. The van der Waals surface area contributed by atoms with E-state index in [1.54, 1.807) is 0 Å². The second kappa shape index (κ2) is 10.1. The van der Waals surface area contributed by atoms with Gasteiger partial charge in [-0.2, -0.15) is 13.2 Å². The number of aryl methyl sites for hydroxylation is 1. The first-order chi connectivity index (χ1) is 15.3. The molecule has 0 radical (unpaired) electrons.